The van der Waals surface area contributed by atoms with Gasteiger partial charge in [0.15, 0.2) is 5.16 Å². The van der Waals surface area contributed by atoms with Crippen LogP contribution in [0.3, 0.4) is 0 Å². The Morgan fingerprint density at radius 2 is 1.88 bits per heavy atom. The highest BCUT2D eigenvalue weighted by molar-refractivity contribution is 7.99. The molecule has 0 saturated carbocycles. The smallest absolute Gasteiger partial charge is 0.348 e. The standard InChI is InChI=1S/C22H24N2O6S2/c1-5-29-16(25)12-31-22-23-19-17(13(3)18(32-19)21(27)30-6-2)20(26)24(22)11-14-9-7-8-10-15(14)28-4/h7-10H,5-6,11-12H2,1-4H3. The Morgan fingerprint density at radius 1 is 1.16 bits per heavy atom. The monoisotopic (exact) mass is 476 g/mol. The maximum absolute atomic E-state index is 13.5. The van der Waals surface area contributed by atoms with E-state index < -0.39 is 11.9 Å². The molecule has 8 nitrogen and oxygen atoms in total. The molecule has 0 atom stereocenters. The minimum atomic E-state index is -0.482. The number of hydrogen-bond donors (Lipinski definition) is 0. The molecule has 0 bridgehead atoms. The van der Waals surface area contributed by atoms with Crippen molar-refractivity contribution in [1.82, 2.24) is 9.55 Å². The molecule has 0 aliphatic heterocycles. The molecule has 2 heterocycles. The Morgan fingerprint density at radius 3 is 2.56 bits per heavy atom. The van der Waals surface area contributed by atoms with Gasteiger partial charge < -0.3 is 14.2 Å². The molecule has 0 spiro atoms. The highest BCUT2D eigenvalue weighted by atomic mass is 32.2. The number of aromatic nitrogens is 2. The van der Waals surface area contributed by atoms with Crippen molar-refractivity contribution in [2.24, 2.45) is 0 Å². The van der Waals surface area contributed by atoms with Crippen molar-refractivity contribution in [3.05, 3.63) is 50.6 Å². The summed E-state index contributed by atoms with van der Waals surface area (Å²) in [4.78, 5) is 43.2. The molecule has 0 unspecified atom stereocenters. The molecule has 3 rings (SSSR count). The second-order valence-electron chi connectivity index (χ2n) is 6.65. The summed E-state index contributed by atoms with van der Waals surface area (Å²) >= 11 is 2.23. The van der Waals surface area contributed by atoms with E-state index in [-0.39, 0.29) is 31.1 Å². The van der Waals surface area contributed by atoms with Gasteiger partial charge in [-0.15, -0.1) is 11.3 Å². The predicted octanol–water partition coefficient (Wildman–Crippen LogP) is 3.66. The number of thiophene rings is 1. The van der Waals surface area contributed by atoms with Gasteiger partial charge in [-0.25, -0.2) is 9.78 Å². The normalized spacial score (nSPS) is 10.9. The van der Waals surface area contributed by atoms with Gasteiger partial charge in [-0.1, -0.05) is 30.0 Å². The summed E-state index contributed by atoms with van der Waals surface area (Å²) in [6.07, 6.45) is 0. The van der Waals surface area contributed by atoms with Crippen LogP contribution in [0.5, 0.6) is 5.75 Å². The zero-order chi connectivity index (χ0) is 23.3. The number of thioether (sulfide) groups is 1. The van der Waals surface area contributed by atoms with E-state index in [0.717, 1.165) is 28.7 Å². The lowest BCUT2D eigenvalue weighted by molar-refractivity contribution is -0.139. The molecule has 1 aromatic carbocycles. The average molecular weight is 477 g/mol. The number of fused-ring (bicyclic) bond motifs is 1. The number of para-hydroxylation sites is 1. The molecule has 0 amide bonds. The third kappa shape index (κ3) is 4.97. The summed E-state index contributed by atoms with van der Waals surface area (Å²) in [5, 5.41) is 0.728. The molecule has 0 N–H and O–H groups in total. The number of benzene rings is 1. The van der Waals surface area contributed by atoms with Gasteiger partial charge in [-0.05, 0) is 32.4 Å². The van der Waals surface area contributed by atoms with Crippen molar-refractivity contribution in [2.75, 3.05) is 26.1 Å². The van der Waals surface area contributed by atoms with Crippen molar-refractivity contribution in [3.63, 3.8) is 0 Å². The summed E-state index contributed by atoms with van der Waals surface area (Å²) in [5.74, 6) is -0.239. The maximum atomic E-state index is 13.5. The molecular weight excluding hydrogens is 452 g/mol. The number of hydrogen-bond acceptors (Lipinski definition) is 9. The second-order valence-corrected chi connectivity index (χ2v) is 8.59. The third-order valence-electron chi connectivity index (χ3n) is 4.62. The van der Waals surface area contributed by atoms with E-state index in [1.807, 2.05) is 24.3 Å². The van der Waals surface area contributed by atoms with Crippen LogP contribution in [0.1, 0.15) is 34.6 Å². The van der Waals surface area contributed by atoms with Crippen molar-refractivity contribution in [1.29, 1.82) is 0 Å². The number of ether oxygens (including phenoxy) is 3. The predicted molar refractivity (Wildman–Crippen MR) is 124 cm³/mol. The van der Waals surface area contributed by atoms with E-state index >= 15 is 0 Å². The highest BCUT2D eigenvalue weighted by Crippen LogP contribution is 2.30. The molecule has 0 radical (unpaired) electrons. The van der Waals surface area contributed by atoms with Crippen molar-refractivity contribution < 1.29 is 23.8 Å². The zero-order valence-electron chi connectivity index (χ0n) is 18.3. The number of carbonyl (C=O) groups is 2. The highest BCUT2D eigenvalue weighted by Gasteiger charge is 2.23. The molecule has 170 valence electrons. The lowest BCUT2D eigenvalue weighted by Crippen LogP contribution is -2.24. The minimum Gasteiger partial charge on any atom is -0.496 e. The zero-order valence-corrected chi connectivity index (χ0v) is 19.9. The number of nitrogens with zero attached hydrogens (tertiary/aromatic N) is 2. The van der Waals surface area contributed by atoms with Crippen molar-refractivity contribution >= 4 is 45.3 Å². The van der Waals surface area contributed by atoms with Crippen LogP contribution >= 0.6 is 23.1 Å². The quantitative estimate of drug-likeness (QED) is 0.262. The van der Waals surface area contributed by atoms with Crippen LogP contribution in [-0.4, -0.2) is 47.6 Å². The molecule has 32 heavy (non-hydrogen) atoms. The summed E-state index contributed by atoms with van der Waals surface area (Å²) in [7, 11) is 1.56. The first-order chi connectivity index (χ1) is 15.4. The first kappa shape index (κ1) is 23.8. The van der Waals surface area contributed by atoms with Crippen LogP contribution in [0.4, 0.5) is 0 Å². The topological polar surface area (TPSA) is 96.7 Å². The molecule has 0 fully saturated rings. The van der Waals surface area contributed by atoms with Gasteiger partial charge in [-0.3, -0.25) is 14.2 Å². The van der Waals surface area contributed by atoms with Gasteiger partial charge in [0, 0.05) is 5.56 Å². The SMILES string of the molecule is CCOC(=O)CSc1nc2sc(C(=O)OCC)c(C)c2c(=O)n1Cc1ccccc1OC. The van der Waals surface area contributed by atoms with E-state index in [1.54, 1.807) is 27.9 Å². The number of aryl methyl sites for hydroxylation is 1. The van der Waals surface area contributed by atoms with Gasteiger partial charge in [-0.2, -0.15) is 0 Å². The molecule has 2 aromatic heterocycles. The van der Waals surface area contributed by atoms with E-state index in [2.05, 4.69) is 4.98 Å². The molecule has 0 aliphatic rings. The lowest BCUT2D eigenvalue weighted by Gasteiger charge is -2.14. The lowest BCUT2D eigenvalue weighted by atomic mass is 10.2. The Hall–Kier alpha value is -2.85. The fourth-order valence-corrected chi connectivity index (χ4v) is 5.08. The van der Waals surface area contributed by atoms with Crippen LogP contribution in [0.15, 0.2) is 34.2 Å². The number of esters is 2. The number of carbonyl (C=O) groups excluding carboxylic acids is 2. The molecule has 0 aliphatic carbocycles. The molecular formula is C22H24N2O6S2. The Bertz CT molecular complexity index is 1200. The largest absolute Gasteiger partial charge is 0.496 e. The third-order valence-corrected chi connectivity index (χ3v) is 6.74. The first-order valence-electron chi connectivity index (χ1n) is 10.0. The summed E-state index contributed by atoms with van der Waals surface area (Å²) < 4.78 is 17.1. The van der Waals surface area contributed by atoms with E-state index in [1.165, 1.54) is 4.57 Å². The van der Waals surface area contributed by atoms with Crippen LogP contribution in [0, 0.1) is 6.92 Å². The summed E-state index contributed by atoms with van der Waals surface area (Å²) in [6.45, 7) is 5.87. The molecule has 10 heteroatoms. The van der Waals surface area contributed by atoms with Crippen molar-refractivity contribution in [2.45, 2.75) is 32.5 Å². The van der Waals surface area contributed by atoms with Gasteiger partial charge in [0.2, 0.25) is 0 Å². The minimum absolute atomic E-state index is 0.00675. The van der Waals surface area contributed by atoms with Crippen LogP contribution in [0.2, 0.25) is 0 Å². The van der Waals surface area contributed by atoms with Gasteiger partial charge in [0.1, 0.15) is 15.5 Å². The Balaban J connectivity index is 2.14. The summed E-state index contributed by atoms with van der Waals surface area (Å²) in [6, 6.07) is 7.37. The van der Waals surface area contributed by atoms with Gasteiger partial charge >= 0.3 is 11.9 Å². The van der Waals surface area contributed by atoms with E-state index in [0.29, 0.717) is 31.6 Å². The fourth-order valence-electron chi connectivity index (χ4n) is 3.17. The van der Waals surface area contributed by atoms with Gasteiger partial charge in [0.25, 0.3) is 5.56 Å². The molecule has 0 saturated heterocycles. The van der Waals surface area contributed by atoms with Crippen LogP contribution in [-0.2, 0) is 20.8 Å². The first-order valence-corrected chi connectivity index (χ1v) is 11.8. The Kier molecular flexibility index (Phi) is 7.92. The average Bonchev–Trinajstić information content (AvgIpc) is 3.11. The number of rotatable bonds is 9. The summed E-state index contributed by atoms with van der Waals surface area (Å²) in [5.41, 5.74) is 1.03. The van der Waals surface area contributed by atoms with Crippen molar-refractivity contribution in [3.8, 4) is 5.75 Å². The second kappa shape index (κ2) is 10.6. The van der Waals surface area contributed by atoms with Gasteiger partial charge in [0.05, 0.1) is 38.0 Å². The maximum Gasteiger partial charge on any atom is 0.348 e. The number of methoxy groups -OCH3 is 1. The van der Waals surface area contributed by atoms with E-state index in [9.17, 15) is 14.4 Å². The fraction of sp³-hybridized carbons (Fsp3) is 0.364. The Labute approximate surface area is 193 Å². The van der Waals surface area contributed by atoms with Crippen LogP contribution < -0.4 is 10.3 Å². The van der Waals surface area contributed by atoms with Crippen LogP contribution in [0.25, 0.3) is 10.2 Å². The van der Waals surface area contributed by atoms with E-state index in [4.69, 9.17) is 14.2 Å². The molecule has 3 aromatic rings.